The van der Waals surface area contributed by atoms with Gasteiger partial charge in [0.15, 0.2) is 0 Å². The van der Waals surface area contributed by atoms with Crippen LogP contribution in [-0.4, -0.2) is 12.7 Å². The fourth-order valence-electron chi connectivity index (χ4n) is 3.96. The zero-order valence-corrected chi connectivity index (χ0v) is 13.4. The van der Waals surface area contributed by atoms with Gasteiger partial charge < -0.3 is 15.2 Å². The molecule has 1 spiro atoms. The van der Waals surface area contributed by atoms with Gasteiger partial charge in [0, 0.05) is 18.0 Å². The van der Waals surface area contributed by atoms with Gasteiger partial charge in [0.1, 0.15) is 17.1 Å². The molecule has 0 aromatic heterocycles. The minimum Gasteiger partial charge on any atom is -0.497 e. The lowest BCUT2D eigenvalue weighted by Crippen LogP contribution is -2.46. The molecule has 1 fully saturated rings. The van der Waals surface area contributed by atoms with Gasteiger partial charge in [-0.05, 0) is 55.7 Å². The van der Waals surface area contributed by atoms with Crippen LogP contribution in [0.4, 0.5) is 0 Å². The SMILES string of the molecule is COc1ccc2c(c1)[C@@H](N)CC1(CCC(C(C)C)CC1)O2. The lowest BCUT2D eigenvalue weighted by atomic mass is 9.71. The normalized spacial score (nSPS) is 31.9. The van der Waals surface area contributed by atoms with Gasteiger partial charge in [-0.2, -0.15) is 0 Å². The van der Waals surface area contributed by atoms with E-state index in [4.69, 9.17) is 15.2 Å². The molecular weight excluding hydrogens is 262 g/mol. The maximum Gasteiger partial charge on any atom is 0.125 e. The van der Waals surface area contributed by atoms with Gasteiger partial charge in [-0.1, -0.05) is 13.8 Å². The Balaban J connectivity index is 1.79. The summed E-state index contributed by atoms with van der Waals surface area (Å²) in [7, 11) is 1.69. The van der Waals surface area contributed by atoms with Crippen molar-refractivity contribution in [3.63, 3.8) is 0 Å². The Hall–Kier alpha value is -1.22. The fraction of sp³-hybridized carbons (Fsp3) is 0.667. The summed E-state index contributed by atoms with van der Waals surface area (Å²) in [6.45, 7) is 4.66. The first-order valence-corrected chi connectivity index (χ1v) is 8.15. The van der Waals surface area contributed by atoms with Crippen molar-refractivity contribution in [3.8, 4) is 11.5 Å². The van der Waals surface area contributed by atoms with Gasteiger partial charge in [0.05, 0.1) is 7.11 Å². The van der Waals surface area contributed by atoms with Crippen molar-refractivity contribution in [2.75, 3.05) is 7.11 Å². The first kappa shape index (κ1) is 14.7. The molecule has 2 aliphatic rings. The number of methoxy groups -OCH3 is 1. The van der Waals surface area contributed by atoms with Gasteiger partial charge in [-0.15, -0.1) is 0 Å². The quantitative estimate of drug-likeness (QED) is 0.893. The van der Waals surface area contributed by atoms with Crippen LogP contribution in [0.3, 0.4) is 0 Å². The Kier molecular flexibility index (Phi) is 3.87. The van der Waals surface area contributed by atoms with Gasteiger partial charge in [0.25, 0.3) is 0 Å². The molecule has 1 aromatic rings. The summed E-state index contributed by atoms with van der Waals surface area (Å²) in [5, 5.41) is 0. The van der Waals surface area contributed by atoms with Crippen molar-refractivity contribution in [1.29, 1.82) is 0 Å². The van der Waals surface area contributed by atoms with E-state index >= 15 is 0 Å². The van der Waals surface area contributed by atoms with Gasteiger partial charge >= 0.3 is 0 Å². The molecule has 1 heterocycles. The lowest BCUT2D eigenvalue weighted by molar-refractivity contribution is -0.0161. The van der Waals surface area contributed by atoms with Gasteiger partial charge in [-0.25, -0.2) is 0 Å². The van der Waals surface area contributed by atoms with Gasteiger partial charge in [0.2, 0.25) is 0 Å². The number of hydrogen-bond acceptors (Lipinski definition) is 3. The molecule has 116 valence electrons. The second-order valence-electron chi connectivity index (χ2n) is 7.08. The molecule has 0 bridgehead atoms. The number of benzene rings is 1. The molecule has 21 heavy (non-hydrogen) atoms. The van der Waals surface area contributed by atoms with Crippen LogP contribution in [0.1, 0.15) is 57.6 Å². The Labute approximate surface area is 127 Å². The van der Waals surface area contributed by atoms with Crippen LogP contribution < -0.4 is 15.2 Å². The summed E-state index contributed by atoms with van der Waals surface area (Å²) in [4.78, 5) is 0. The molecule has 3 rings (SSSR count). The van der Waals surface area contributed by atoms with E-state index in [0.717, 1.165) is 48.2 Å². The second kappa shape index (κ2) is 5.53. The van der Waals surface area contributed by atoms with Crippen LogP contribution in [0.5, 0.6) is 11.5 Å². The summed E-state index contributed by atoms with van der Waals surface area (Å²) in [5.41, 5.74) is 7.49. The van der Waals surface area contributed by atoms with Crippen molar-refractivity contribution in [1.82, 2.24) is 0 Å². The van der Waals surface area contributed by atoms with E-state index in [0.29, 0.717) is 0 Å². The van der Waals surface area contributed by atoms with E-state index < -0.39 is 0 Å². The minimum atomic E-state index is -0.0353. The van der Waals surface area contributed by atoms with Crippen molar-refractivity contribution in [3.05, 3.63) is 23.8 Å². The minimum absolute atomic E-state index is 0.0353. The Bertz CT molecular complexity index is 504. The third-order valence-electron chi connectivity index (χ3n) is 5.42. The predicted molar refractivity (Wildman–Crippen MR) is 84.7 cm³/mol. The summed E-state index contributed by atoms with van der Waals surface area (Å²) >= 11 is 0. The predicted octanol–water partition coefficient (Wildman–Crippen LogP) is 4.06. The largest absolute Gasteiger partial charge is 0.497 e. The summed E-state index contributed by atoms with van der Waals surface area (Å²) in [6.07, 6.45) is 5.72. The van der Waals surface area contributed by atoms with Crippen LogP contribution in [-0.2, 0) is 0 Å². The molecule has 0 saturated heterocycles. The Morgan fingerprint density at radius 3 is 2.62 bits per heavy atom. The molecule has 1 aliphatic carbocycles. The number of hydrogen-bond donors (Lipinski definition) is 1. The smallest absolute Gasteiger partial charge is 0.125 e. The van der Waals surface area contributed by atoms with E-state index in [-0.39, 0.29) is 11.6 Å². The number of nitrogens with two attached hydrogens (primary N) is 1. The highest BCUT2D eigenvalue weighted by Crippen LogP contribution is 2.48. The van der Waals surface area contributed by atoms with E-state index in [2.05, 4.69) is 13.8 Å². The zero-order chi connectivity index (χ0) is 15.0. The van der Waals surface area contributed by atoms with E-state index in [1.807, 2.05) is 18.2 Å². The zero-order valence-electron chi connectivity index (χ0n) is 13.4. The fourth-order valence-corrected chi connectivity index (χ4v) is 3.96. The molecule has 1 atom stereocenters. The molecule has 0 unspecified atom stereocenters. The molecule has 0 radical (unpaired) electrons. The summed E-state index contributed by atoms with van der Waals surface area (Å²) in [6, 6.07) is 6.06. The van der Waals surface area contributed by atoms with Crippen molar-refractivity contribution < 1.29 is 9.47 Å². The van der Waals surface area contributed by atoms with E-state index in [1.54, 1.807) is 7.11 Å². The highest BCUT2D eigenvalue weighted by Gasteiger charge is 2.43. The standard InChI is InChI=1S/C18H27NO2/c1-12(2)13-6-8-18(9-7-13)11-16(19)15-10-14(20-3)4-5-17(15)21-18/h4-5,10,12-13,16H,6-9,11,19H2,1-3H3/t13?,16-,18?/m0/s1. The molecule has 3 nitrogen and oxygen atoms in total. The number of fused-ring (bicyclic) bond motifs is 1. The van der Waals surface area contributed by atoms with Crippen molar-refractivity contribution in [2.24, 2.45) is 17.6 Å². The van der Waals surface area contributed by atoms with Crippen molar-refractivity contribution >= 4 is 0 Å². The average Bonchev–Trinajstić information content (AvgIpc) is 2.47. The molecule has 1 aromatic carbocycles. The highest BCUT2D eigenvalue weighted by atomic mass is 16.5. The van der Waals surface area contributed by atoms with Crippen LogP contribution in [0.25, 0.3) is 0 Å². The highest BCUT2D eigenvalue weighted by molar-refractivity contribution is 5.44. The van der Waals surface area contributed by atoms with E-state index in [9.17, 15) is 0 Å². The Morgan fingerprint density at radius 2 is 2.00 bits per heavy atom. The monoisotopic (exact) mass is 289 g/mol. The third kappa shape index (κ3) is 2.76. The maximum atomic E-state index is 6.43. The molecule has 2 N–H and O–H groups in total. The van der Waals surface area contributed by atoms with Crippen molar-refractivity contribution in [2.45, 2.75) is 57.6 Å². The van der Waals surface area contributed by atoms with Crippen LogP contribution in [0, 0.1) is 11.8 Å². The van der Waals surface area contributed by atoms with Crippen LogP contribution in [0.15, 0.2) is 18.2 Å². The van der Waals surface area contributed by atoms with Gasteiger partial charge in [-0.3, -0.25) is 0 Å². The second-order valence-corrected chi connectivity index (χ2v) is 7.08. The first-order chi connectivity index (χ1) is 10.0. The van der Waals surface area contributed by atoms with E-state index in [1.165, 1.54) is 12.8 Å². The molecule has 1 saturated carbocycles. The number of ether oxygens (including phenoxy) is 2. The van der Waals surface area contributed by atoms with Crippen LogP contribution >= 0.6 is 0 Å². The molecular formula is C18H27NO2. The topological polar surface area (TPSA) is 44.5 Å². The number of rotatable bonds is 2. The summed E-state index contributed by atoms with van der Waals surface area (Å²) < 4.78 is 11.7. The first-order valence-electron chi connectivity index (χ1n) is 8.15. The maximum absolute atomic E-state index is 6.43. The average molecular weight is 289 g/mol. The molecule has 0 amide bonds. The van der Waals surface area contributed by atoms with Crippen LogP contribution in [0.2, 0.25) is 0 Å². The summed E-state index contributed by atoms with van der Waals surface area (Å²) in [5.74, 6) is 3.42. The molecule has 1 aliphatic heterocycles. The third-order valence-corrected chi connectivity index (χ3v) is 5.42. The lowest BCUT2D eigenvalue weighted by Gasteiger charge is -2.46. The molecule has 3 heteroatoms. The Morgan fingerprint density at radius 1 is 1.29 bits per heavy atom.